The third-order valence-electron chi connectivity index (χ3n) is 5.33. The lowest BCUT2D eigenvalue weighted by atomic mass is 9.90. The maximum absolute atomic E-state index is 12.4. The molecule has 3 N–H and O–H groups in total. The van der Waals surface area contributed by atoms with Crippen LogP contribution in [-0.4, -0.2) is 53.4 Å². The lowest BCUT2D eigenvalue weighted by molar-refractivity contribution is 0.0911. The highest BCUT2D eigenvalue weighted by Crippen LogP contribution is 2.35. The monoisotopic (exact) mass is 417 g/mol. The van der Waals surface area contributed by atoms with Crippen LogP contribution >= 0.6 is 11.3 Å². The summed E-state index contributed by atoms with van der Waals surface area (Å²) in [5, 5.41) is 26.4. The molecule has 2 amide bonds. The summed E-state index contributed by atoms with van der Waals surface area (Å²) < 4.78 is 0. The molecule has 2 atom stereocenters. The van der Waals surface area contributed by atoms with Gasteiger partial charge in [0.15, 0.2) is 0 Å². The average Bonchev–Trinajstić information content (AvgIpc) is 3.20. The summed E-state index contributed by atoms with van der Waals surface area (Å²) >= 11 is 1.46. The number of benzene rings is 1. The van der Waals surface area contributed by atoms with Gasteiger partial charge in [0.25, 0.3) is 0 Å². The molecule has 0 bridgehead atoms. The van der Waals surface area contributed by atoms with E-state index in [1.165, 1.54) is 30.6 Å². The molecule has 158 valence electrons. The number of hydrogen-bond donors (Lipinski definition) is 3. The number of aromatic nitrogens is 2. The molecule has 1 aromatic carbocycles. The maximum Gasteiger partial charge on any atom is 0.321 e. The van der Waals surface area contributed by atoms with Gasteiger partial charge >= 0.3 is 6.03 Å². The van der Waals surface area contributed by atoms with Crippen LogP contribution < -0.4 is 10.6 Å². The van der Waals surface area contributed by atoms with E-state index in [0.29, 0.717) is 24.1 Å². The van der Waals surface area contributed by atoms with E-state index in [-0.39, 0.29) is 11.9 Å². The Morgan fingerprint density at radius 1 is 1.21 bits per heavy atom. The maximum atomic E-state index is 12.4. The van der Waals surface area contributed by atoms with Crippen LogP contribution in [0.5, 0.6) is 0 Å². The molecule has 0 saturated heterocycles. The molecular weight excluding hydrogens is 386 g/mol. The fraction of sp³-hybridized carbons (Fsp3) is 0.571. The number of rotatable bonds is 8. The molecule has 8 heteroatoms. The number of amides is 2. The summed E-state index contributed by atoms with van der Waals surface area (Å²) in [5.74, 6) is 0.343. The van der Waals surface area contributed by atoms with Crippen molar-refractivity contribution in [1.29, 1.82) is 0 Å². The van der Waals surface area contributed by atoms with E-state index in [4.69, 9.17) is 0 Å². The van der Waals surface area contributed by atoms with Gasteiger partial charge in [0, 0.05) is 24.9 Å². The van der Waals surface area contributed by atoms with Gasteiger partial charge in [-0.15, -0.1) is 10.2 Å². The second kappa shape index (κ2) is 10.7. The Morgan fingerprint density at radius 2 is 1.93 bits per heavy atom. The second-order valence-corrected chi connectivity index (χ2v) is 9.00. The first-order chi connectivity index (χ1) is 14.0. The number of anilines is 1. The molecule has 1 aromatic heterocycles. The smallest absolute Gasteiger partial charge is 0.321 e. The molecule has 1 saturated carbocycles. The minimum absolute atomic E-state index is 0.134. The lowest BCUT2D eigenvalue weighted by Gasteiger charge is -2.26. The van der Waals surface area contributed by atoms with Gasteiger partial charge in [-0.05, 0) is 32.5 Å². The SMILES string of the molecule is CN(C)C[C@@H](CNC(=O)Nc1nnc(C2CCCCC2)s1)[C@H](O)c1ccccc1. The van der Waals surface area contributed by atoms with Gasteiger partial charge in [-0.1, -0.05) is 60.9 Å². The fourth-order valence-electron chi connectivity index (χ4n) is 3.83. The Hall–Kier alpha value is -2.03. The number of urea groups is 1. The first-order valence-electron chi connectivity index (χ1n) is 10.3. The van der Waals surface area contributed by atoms with E-state index < -0.39 is 6.10 Å². The molecule has 3 rings (SSSR count). The molecule has 0 aliphatic heterocycles. The van der Waals surface area contributed by atoms with E-state index in [1.54, 1.807) is 0 Å². The Kier molecular flexibility index (Phi) is 7.97. The van der Waals surface area contributed by atoms with Gasteiger partial charge in [0.2, 0.25) is 5.13 Å². The van der Waals surface area contributed by atoms with Crippen molar-refractivity contribution < 1.29 is 9.90 Å². The van der Waals surface area contributed by atoms with E-state index in [2.05, 4.69) is 20.8 Å². The number of carbonyl (C=O) groups is 1. The molecule has 0 unspecified atom stereocenters. The van der Waals surface area contributed by atoms with Crippen molar-refractivity contribution in [2.75, 3.05) is 32.5 Å². The standard InChI is InChI=1S/C21H31N5O2S/c1-26(2)14-17(18(27)15-9-5-3-6-10-15)13-22-20(28)23-21-25-24-19(29-21)16-11-7-4-8-12-16/h3,5-6,9-10,16-18,27H,4,7-8,11-14H2,1-2H3,(H2,22,23,25,28)/t17-,18-/m1/s1. The van der Waals surface area contributed by atoms with Crippen LogP contribution in [0.15, 0.2) is 30.3 Å². The van der Waals surface area contributed by atoms with Crippen LogP contribution in [-0.2, 0) is 0 Å². The largest absolute Gasteiger partial charge is 0.388 e. The molecule has 0 spiro atoms. The number of nitrogens with zero attached hydrogens (tertiary/aromatic N) is 3. The van der Waals surface area contributed by atoms with E-state index in [9.17, 15) is 9.90 Å². The van der Waals surface area contributed by atoms with Crippen LogP contribution in [0.1, 0.15) is 54.7 Å². The van der Waals surface area contributed by atoms with Gasteiger partial charge < -0.3 is 15.3 Å². The summed E-state index contributed by atoms with van der Waals surface area (Å²) in [4.78, 5) is 14.4. The minimum Gasteiger partial charge on any atom is -0.388 e. The Bertz CT molecular complexity index is 761. The molecule has 29 heavy (non-hydrogen) atoms. The molecule has 1 aliphatic carbocycles. The van der Waals surface area contributed by atoms with Crippen molar-refractivity contribution in [3.63, 3.8) is 0 Å². The fourth-order valence-corrected chi connectivity index (χ4v) is 4.74. The number of nitrogens with one attached hydrogen (secondary N) is 2. The summed E-state index contributed by atoms with van der Waals surface area (Å²) in [6.45, 7) is 1.01. The van der Waals surface area contributed by atoms with Crippen LogP contribution in [0, 0.1) is 5.92 Å². The van der Waals surface area contributed by atoms with Gasteiger partial charge in [-0.3, -0.25) is 5.32 Å². The average molecular weight is 418 g/mol. The van der Waals surface area contributed by atoms with Crippen LogP contribution in [0.3, 0.4) is 0 Å². The van der Waals surface area contributed by atoms with Gasteiger partial charge in [-0.25, -0.2) is 4.79 Å². The first-order valence-corrected chi connectivity index (χ1v) is 11.1. The molecule has 0 radical (unpaired) electrons. The Morgan fingerprint density at radius 3 is 2.62 bits per heavy atom. The number of aliphatic hydroxyl groups is 1. The summed E-state index contributed by atoms with van der Waals surface area (Å²) in [6, 6.07) is 9.23. The molecule has 2 aromatic rings. The predicted molar refractivity (Wildman–Crippen MR) is 116 cm³/mol. The van der Waals surface area contributed by atoms with E-state index in [1.807, 2.05) is 49.3 Å². The van der Waals surface area contributed by atoms with Crippen molar-refractivity contribution in [2.45, 2.75) is 44.1 Å². The zero-order chi connectivity index (χ0) is 20.6. The zero-order valence-electron chi connectivity index (χ0n) is 17.2. The minimum atomic E-state index is -0.654. The van der Waals surface area contributed by atoms with Gasteiger partial charge in [0.05, 0.1) is 6.10 Å². The predicted octanol–water partition coefficient (Wildman–Crippen LogP) is 3.62. The van der Waals surface area contributed by atoms with Gasteiger partial charge in [0.1, 0.15) is 5.01 Å². The normalized spacial score (nSPS) is 17.1. The highest BCUT2D eigenvalue weighted by Gasteiger charge is 2.23. The quantitative estimate of drug-likeness (QED) is 0.610. The Labute approximate surface area is 176 Å². The van der Waals surface area contributed by atoms with Crippen LogP contribution in [0.25, 0.3) is 0 Å². The Balaban J connectivity index is 1.53. The summed E-state index contributed by atoms with van der Waals surface area (Å²) in [7, 11) is 3.91. The topological polar surface area (TPSA) is 90.4 Å². The van der Waals surface area contributed by atoms with Crippen LogP contribution in [0.4, 0.5) is 9.93 Å². The number of carbonyl (C=O) groups excluding carboxylic acids is 1. The van der Waals surface area contributed by atoms with E-state index >= 15 is 0 Å². The highest BCUT2D eigenvalue weighted by molar-refractivity contribution is 7.15. The van der Waals surface area contributed by atoms with E-state index in [0.717, 1.165) is 23.4 Å². The number of hydrogen-bond acceptors (Lipinski definition) is 6. The van der Waals surface area contributed by atoms with Gasteiger partial charge in [-0.2, -0.15) is 0 Å². The lowest BCUT2D eigenvalue weighted by Crippen LogP contribution is -2.39. The van der Waals surface area contributed by atoms with Crippen LogP contribution in [0.2, 0.25) is 0 Å². The van der Waals surface area contributed by atoms with Crippen molar-refractivity contribution in [2.24, 2.45) is 5.92 Å². The number of aliphatic hydroxyl groups excluding tert-OH is 1. The van der Waals surface area contributed by atoms with Crippen molar-refractivity contribution in [3.8, 4) is 0 Å². The molecule has 1 aliphatic rings. The summed E-state index contributed by atoms with van der Waals surface area (Å²) in [6.07, 6.45) is 5.44. The third kappa shape index (κ3) is 6.48. The first kappa shape index (κ1) is 21.7. The van der Waals surface area contributed by atoms with Crippen molar-refractivity contribution in [3.05, 3.63) is 40.9 Å². The third-order valence-corrected chi connectivity index (χ3v) is 6.33. The van der Waals surface area contributed by atoms with Crippen molar-refractivity contribution >= 4 is 22.5 Å². The summed E-state index contributed by atoms with van der Waals surface area (Å²) in [5.41, 5.74) is 0.850. The second-order valence-electron chi connectivity index (χ2n) is 7.99. The zero-order valence-corrected chi connectivity index (χ0v) is 18.0. The molecule has 7 nitrogen and oxygen atoms in total. The van der Waals surface area contributed by atoms with Crippen molar-refractivity contribution in [1.82, 2.24) is 20.4 Å². The molecular formula is C21H31N5O2S. The molecule has 1 heterocycles. The molecule has 1 fully saturated rings. The highest BCUT2D eigenvalue weighted by atomic mass is 32.1.